The second kappa shape index (κ2) is 5.43. The molecule has 0 saturated carbocycles. The van der Waals surface area contributed by atoms with Crippen LogP contribution in [0.25, 0.3) is 11.2 Å². The van der Waals surface area contributed by atoms with Gasteiger partial charge in [-0.1, -0.05) is 0 Å². The summed E-state index contributed by atoms with van der Waals surface area (Å²) >= 11 is 0. The number of rotatable bonds is 5. The van der Waals surface area contributed by atoms with Gasteiger partial charge in [0.2, 0.25) is 5.95 Å². The van der Waals surface area contributed by atoms with Crippen LogP contribution in [0.1, 0.15) is 0 Å². The standard InChI is InChI=1S/C9H14N5O3P/c10-9-12-7-6(8(16)13-9)11-3-14(7)1-5(2-15)17-4-18/h3,5,15H,1-2,4,18H2,(H3,10,12,13,16). The third-order valence-corrected chi connectivity index (χ3v) is 2.62. The molecule has 0 aromatic carbocycles. The number of hydrogen-bond acceptors (Lipinski definition) is 6. The number of nitrogens with one attached hydrogen (secondary N) is 1. The maximum Gasteiger partial charge on any atom is 0.280 e. The SMILES string of the molecule is Nc1nc2c(ncn2CC(CO)OCP)c(=O)[nH]1. The summed E-state index contributed by atoms with van der Waals surface area (Å²) in [5, 5.41) is 9.16. The highest BCUT2D eigenvalue weighted by Crippen LogP contribution is 2.08. The van der Waals surface area contributed by atoms with Crippen LogP contribution in [0.15, 0.2) is 11.1 Å². The maximum atomic E-state index is 11.6. The van der Waals surface area contributed by atoms with E-state index in [9.17, 15) is 4.79 Å². The Morgan fingerprint density at radius 3 is 3.11 bits per heavy atom. The first-order valence-electron chi connectivity index (χ1n) is 5.29. The zero-order valence-electron chi connectivity index (χ0n) is 9.54. The second-order valence-electron chi connectivity index (χ2n) is 3.66. The predicted molar refractivity (Wildman–Crippen MR) is 69.1 cm³/mol. The van der Waals surface area contributed by atoms with Crippen LogP contribution in [0.3, 0.4) is 0 Å². The molecule has 0 radical (unpaired) electrons. The van der Waals surface area contributed by atoms with Crippen molar-refractivity contribution in [1.29, 1.82) is 0 Å². The Labute approximate surface area is 104 Å². The highest BCUT2D eigenvalue weighted by atomic mass is 31.0. The number of aliphatic hydroxyl groups excluding tert-OH is 1. The van der Waals surface area contributed by atoms with Crippen LogP contribution in [0.4, 0.5) is 5.95 Å². The van der Waals surface area contributed by atoms with Crippen molar-refractivity contribution in [2.24, 2.45) is 0 Å². The van der Waals surface area contributed by atoms with E-state index in [2.05, 4.69) is 24.2 Å². The highest BCUT2D eigenvalue weighted by molar-refractivity contribution is 7.16. The molecule has 0 amide bonds. The Morgan fingerprint density at radius 2 is 2.44 bits per heavy atom. The summed E-state index contributed by atoms with van der Waals surface area (Å²) in [5.74, 6) is 0.0294. The summed E-state index contributed by atoms with van der Waals surface area (Å²) in [6.07, 6.45) is 1.50. The average molecular weight is 271 g/mol. The van der Waals surface area contributed by atoms with E-state index in [1.165, 1.54) is 6.33 Å². The Morgan fingerprint density at radius 1 is 1.67 bits per heavy atom. The van der Waals surface area contributed by atoms with E-state index in [4.69, 9.17) is 15.6 Å². The van der Waals surface area contributed by atoms with Crippen LogP contribution in [-0.2, 0) is 11.3 Å². The number of ether oxygens (including phenoxy) is 1. The molecule has 0 aliphatic heterocycles. The van der Waals surface area contributed by atoms with Gasteiger partial charge in [0.25, 0.3) is 5.56 Å². The third kappa shape index (κ3) is 2.50. The fourth-order valence-electron chi connectivity index (χ4n) is 1.62. The number of hydrogen-bond donors (Lipinski definition) is 3. The Bertz CT molecular complexity index is 595. The van der Waals surface area contributed by atoms with Crippen LogP contribution < -0.4 is 11.3 Å². The summed E-state index contributed by atoms with van der Waals surface area (Å²) < 4.78 is 6.92. The van der Waals surface area contributed by atoms with Gasteiger partial charge in [-0.05, 0) is 0 Å². The van der Waals surface area contributed by atoms with E-state index in [0.717, 1.165) is 0 Å². The molecule has 98 valence electrons. The first-order valence-corrected chi connectivity index (χ1v) is 6.10. The summed E-state index contributed by atoms with van der Waals surface area (Å²) in [7, 11) is 2.41. The summed E-state index contributed by atoms with van der Waals surface area (Å²) in [4.78, 5) is 21.9. The molecule has 18 heavy (non-hydrogen) atoms. The van der Waals surface area contributed by atoms with Gasteiger partial charge >= 0.3 is 0 Å². The molecule has 2 aromatic heterocycles. The molecule has 2 atom stereocenters. The number of imidazole rings is 1. The number of nitrogen functional groups attached to an aromatic ring is 1. The fraction of sp³-hybridized carbons (Fsp3) is 0.444. The molecule has 9 heteroatoms. The van der Waals surface area contributed by atoms with Gasteiger partial charge in [0.05, 0.1) is 31.9 Å². The Kier molecular flexibility index (Phi) is 3.90. The van der Waals surface area contributed by atoms with Crippen LogP contribution in [0, 0.1) is 0 Å². The number of nitrogens with zero attached hydrogens (tertiary/aromatic N) is 3. The summed E-state index contributed by atoms with van der Waals surface area (Å²) in [6, 6.07) is 0. The topological polar surface area (TPSA) is 119 Å². The normalized spacial score (nSPS) is 13.0. The first kappa shape index (κ1) is 12.9. The van der Waals surface area contributed by atoms with E-state index in [0.29, 0.717) is 18.5 Å². The highest BCUT2D eigenvalue weighted by Gasteiger charge is 2.13. The molecule has 0 spiro atoms. The van der Waals surface area contributed by atoms with E-state index in [-0.39, 0.29) is 29.7 Å². The zero-order chi connectivity index (χ0) is 13.1. The van der Waals surface area contributed by atoms with Crippen molar-refractivity contribution in [3.63, 3.8) is 0 Å². The Balaban J connectivity index is 2.37. The molecule has 2 unspecified atom stereocenters. The minimum Gasteiger partial charge on any atom is -0.394 e. The Hall–Kier alpha value is -1.50. The van der Waals surface area contributed by atoms with Crippen molar-refractivity contribution in [3.8, 4) is 0 Å². The molecule has 0 aliphatic carbocycles. The molecule has 0 fully saturated rings. The summed E-state index contributed by atoms with van der Waals surface area (Å²) in [6.45, 7) is 0.212. The van der Waals surface area contributed by atoms with E-state index >= 15 is 0 Å². The van der Waals surface area contributed by atoms with E-state index < -0.39 is 0 Å². The lowest BCUT2D eigenvalue weighted by Gasteiger charge is -2.14. The van der Waals surface area contributed by atoms with Gasteiger partial charge < -0.3 is 20.1 Å². The third-order valence-electron chi connectivity index (χ3n) is 2.43. The van der Waals surface area contributed by atoms with Crippen LogP contribution in [0.5, 0.6) is 0 Å². The quantitative estimate of drug-likeness (QED) is 0.595. The van der Waals surface area contributed by atoms with E-state index in [1.54, 1.807) is 4.57 Å². The lowest BCUT2D eigenvalue weighted by atomic mass is 10.3. The van der Waals surface area contributed by atoms with Crippen LogP contribution in [-0.4, -0.2) is 43.7 Å². The fourth-order valence-corrected chi connectivity index (χ4v) is 1.90. The smallest absolute Gasteiger partial charge is 0.280 e. The molecule has 2 heterocycles. The molecule has 0 aliphatic rings. The molecule has 0 bridgehead atoms. The molecule has 8 nitrogen and oxygen atoms in total. The molecular formula is C9H14N5O3P. The lowest BCUT2D eigenvalue weighted by molar-refractivity contribution is 0.0290. The largest absolute Gasteiger partial charge is 0.394 e. The van der Waals surface area contributed by atoms with Crippen molar-refractivity contribution in [3.05, 3.63) is 16.7 Å². The van der Waals surface area contributed by atoms with E-state index in [1.807, 2.05) is 0 Å². The van der Waals surface area contributed by atoms with Crippen LogP contribution in [0.2, 0.25) is 0 Å². The predicted octanol–water partition coefficient (Wildman–Crippen LogP) is -1.09. The van der Waals surface area contributed by atoms with Gasteiger partial charge in [-0.2, -0.15) is 4.98 Å². The van der Waals surface area contributed by atoms with Crippen molar-refractivity contribution in [1.82, 2.24) is 19.5 Å². The summed E-state index contributed by atoms with van der Waals surface area (Å²) in [5.41, 5.74) is 5.69. The van der Waals surface area contributed by atoms with Gasteiger partial charge in [-0.3, -0.25) is 9.78 Å². The minimum atomic E-state index is -0.387. The van der Waals surface area contributed by atoms with Gasteiger partial charge in [0.15, 0.2) is 11.2 Å². The van der Waals surface area contributed by atoms with Crippen molar-refractivity contribution < 1.29 is 9.84 Å². The van der Waals surface area contributed by atoms with Crippen molar-refractivity contribution in [2.45, 2.75) is 12.6 Å². The molecular weight excluding hydrogens is 257 g/mol. The van der Waals surface area contributed by atoms with Gasteiger partial charge in [-0.25, -0.2) is 4.98 Å². The number of fused-ring (bicyclic) bond motifs is 1. The number of aromatic amines is 1. The number of aliphatic hydroxyl groups is 1. The number of nitrogens with two attached hydrogens (primary N) is 1. The second-order valence-corrected chi connectivity index (χ2v) is 3.99. The molecule has 2 aromatic rings. The van der Waals surface area contributed by atoms with Gasteiger partial charge in [0.1, 0.15) is 0 Å². The number of anilines is 1. The van der Waals surface area contributed by atoms with Gasteiger partial charge in [-0.15, -0.1) is 9.24 Å². The minimum absolute atomic E-state index is 0.0294. The molecule has 0 saturated heterocycles. The zero-order valence-corrected chi connectivity index (χ0v) is 10.7. The number of H-pyrrole nitrogens is 1. The average Bonchev–Trinajstić information content (AvgIpc) is 2.72. The monoisotopic (exact) mass is 271 g/mol. The number of aromatic nitrogens is 4. The maximum absolute atomic E-state index is 11.6. The lowest BCUT2D eigenvalue weighted by Crippen LogP contribution is -2.23. The molecule has 4 N–H and O–H groups in total. The molecule has 2 rings (SSSR count). The van der Waals surface area contributed by atoms with Gasteiger partial charge in [0, 0.05) is 0 Å². The van der Waals surface area contributed by atoms with Crippen LogP contribution >= 0.6 is 9.24 Å². The first-order chi connectivity index (χ1) is 8.65. The van der Waals surface area contributed by atoms with Crippen molar-refractivity contribution in [2.75, 3.05) is 18.7 Å². The van der Waals surface area contributed by atoms with Crippen molar-refractivity contribution >= 4 is 26.4 Å².